The molecule has 78 valence electrons. The highest BCUT2D eigenvalue weighted by atomic mass is 16.5. The number of carbonyl (C=O) groups is 1. The number of furan rings is 1. The quantitative estimate of drug-likeness (QED) is 0.826. The Labute approximate surface area is 86.1 Å². The third-order valence-corrected chi connectivity index (χ3v) is 2.00. The molecular weight excluding hydrogens is 196 g/mol. The van der Waals surface area contributed by atoms with Gasteiger partial charge in [-0.15, -0.1) is 0 Å². The monoisotopic (exact) mass is 206 g/mol. The first-order chi connectivity index (χ1) is 7.27. The van der Waals surface area contributed by atoms with Gasteiger partial charge in [-0.1, -0.05) is 5.16 Å². The summed E-state index contributed by atoms with van der Waals surface area (Å²) in [6.07, 6.45) is 2.89. The van der Waals surface area contributed by atoms with E-state index in [2.05, 4.69) is 15.0 Å². The van der Waals surface area contributed by atoms with Crippen LogP contribution in [0.15, 0.2) is 33.6 Å². The second-order valence-electron chi connectivity index (χ2n) is 3.08. The molecule has 2 rings (SSSR count). The van der Waals surface area contributed by atoms with Gasteiger partial charge < -0.3 is 14.3 Å². The third-order valence-electron chi connectivity index (χ3n) is 2.00. The molecule has 1 amide bonds. The molecule has 0 atom stereocenters. The van der Waals surface area contributed by atoms with Crippen molar-refractivity contribution in [2.24, 2.45) is 0 Å². The molecule has 5 nitrogen and oxygen atoms in total. The van der Waals surface area contributed by atoms with Gasteiger partial charge in [-0.25, -0.2) is 0 Å². The van der Waals surface area contributed by atoms with Gasteiger partial charge in [0.25, 0.3) is 5.91 Å². The van der Waals surface area contributed by atoms with Gasteiger partial charge in [0.1, 0.15) is 17.6 Å². The number of aryl methyl sites for hydroxylation is 1. The molecule has 0 bridgehead atoms. The van der Waals surface area contributed by atoms with E-state index in [1.165, 1.54) is 6.26 Å². The van der Waals surface area contributed by atoms with Crippen molar-refractivity contribution in [3.63, 3.8) is 0 Å². The normalized spacial score (nSPS) is 10.2. The first-order valence-corrected chi connectivity index (χ1v) is 4.49. The summed E-state index contributed by atoms with van der Waals surface area (Å²) in [4.78, 5) is 11.6. The highest BCUT2D eigenvalue weighted by Crippen LogP contribution is 2.05. The number of carbonyl (C=O) groups excluding carboxylic acids is 1. The fourth-order valence-electron chi connectivity index (χ4n) is 1.19. The maximum Gasteiger partial charge on any atom is 0.256 e. The SMILES string of the molecule is Cc1nocc1C(=O)NCc1ccco1. The molecule has 0 fully saturated rings. The molecule has 5 heteroatoms. The number of hydrogen-bond donors (Lipinski definition) is 1. The van der Waals surface area contributed by atoms with E-state index in [9.17, 15) is 4.79 Å². The van der Waals surface area contributed by atoms with Gasteiger partial charge in [0.15, 0.2) is 0 Å². The fraction of sp³-hybridized carbons (Fsp3) is 0.200. The molecule has 0 aliphatic carbocycles. The van der Waals surface area contributed by atoms with Gasteiger partial charge >= 0.3 is 0 Å². The number of aromatic nitrogens is 1. The molecule has 0 unspecified atom stereocenters. The van der Waals surface area contributed by atoms with E-state index in [0.717, 1.165) is 0 Å². The zero-order chi connectivity index (χ0) is 10.7. The molecule has 0 aliphatic rings. The smallest absolute Gasteiger partial charge is 0.256 e. The first-order valence-electron chi connectivity index (χ1n) is 4.49. The summed E-state index contributed by atoms with van der Waals surface area (Å²) in [5.41, 5.74) is 1.02. The summed E-state index contributed by atoms with van der Waals surface area (Å²) in [7, 11) is 0. The third kappa shape index (κ3) is 2.07. The summed E-state index contributed by atoms with van der Waals surface area (Å²) in [5, 5.41) is 6.32. The number of rotatable bonds is 3. The van der Waals surface area contributed by atoms with Crippen molar-refractivity contribution in [3.8, 4) is 0 Å². The molecule has 0 radical (unpaired) electrons. The molecule has 1 N–H and O–H groups in total. The molecule has 15 heavy (non-hydrogen) atoms. The Morgan fingerprint density at radius 3 is 3.07 bits per heavy atom. The maximum atomic E-state index is 11.6. The Kier molecular flexibility index (Phi) is 2.53. The maximum absolute atomic E-state index is 11.6. The Morgan fingerprint density at radius 2 is 2.47 bits per heavy atom. The highest BCUT2D eigenvalue weighted by Gasteiger charge is 2.12. The zero-order valence-electron chi connectivity index (χ0n) is 8.19. The van der Waals surface area contributed by atoms with Crippen molar-refractivity contribution in [1.82, 2.24) is 10.5 Å². The Balaban J connectivity index is 1.96. The van der Waals surface area contributed by atoms with Crippen molar-refractivity contribution < 1.29 is 13.7 Å². The summed E-state index contributed by atoms with van der Waals surface area (Å²) >= 11 is 0. The molecule has 0 spiro atoms. The largest absolute Gasteiger partial charge is 0.467 e. The van der Waals surface area contributed by atoms with E-state index >= 15 is 0 Å². The Bertz CT molecular complexity index is 445. The van der Waals surface area contributed by atoms with Crippen LogP contribution in [0.4, 0.5) is 0 Å². The van der Waals surface area contributed by atoms with Crippen LogP contribution in [0.1, 0.15) is 21.8 Å². The number of nitrogens with zero attached hydrogens (tertiary/aromatic N) is 1. The van der Waals surface area contributed by atoms with Gasteiger partial charge in [0.2, 0.25) is 0 Å². The average Bonchev–Trinajstić information content (AvgIpc) is 2.84. The average molecular weight is 206 g/mol. The molecule has 0 saturated heterocycles. The molecule has 2 aromatic heterocycles. The van der Waals surface area contributed by atoms with Gasteiger partial charge in [-0.3, -0.25) is 4.79 Å². The van der Waals surface area contributed by atoms with Crippen LogP contribution in [0.2, 0.25) is 0 Å². The Morgan fingerprint density at radius 1 is 1.60 bits per heavy atom. The number of nitrogens with one attached hydrogen (secondary N) is 1. The summed E-state index contributed by atoms with van der Waals surface area (Å²) < 4.78 is 9.75. The second kappa shape index (κ2) is 4.00. The van der Waals surface area contributed by atoms with E-state index in [4.69, 9.17) is 4.42 Å². The van der Waals surface area contributed by atoms with Crippen molar-refractivity contribution >= 4 is 5.91 Å². The van der Waals surface area contributed by atoms with Gasteiger partial charge in [-0.05, 0) is 19.1 Å². The van der Waals surface area contributed by atoms with Crippen molar-refractivity contribution in [2.75, 3.05) is 0 Å². The number of amides is 1. The van der Waals surface area contributed by atoms with Crippen LogP contribution in [0.3, 0.4) is 0 Å². The van der Waals surface area contributed by atoms with E-state index in [1.54, 1.807) is 25.3 Å². The minimum atomic E-state index is -0.217. The van der Waals surface area contributed by atoms with Crippen LogP contribution in [0.25, 0.3) is 0 Å². The summed E-state index contributed by atoms with van der Waals surface area (Å²) in [6.45, 7) is 2.07. The van der Waals surface area contributed by atoms with Crippen LogP contribution >= 0.6 is 0 Å². The molecule has 0 aromatic carbocycles. The van der Waals surface area contributed by atoms with E-state index < -0.39 is 0 Å². The minimum absolute atomic E-state index is 0.217. The van der Waals surface area contributed by atoms with Crippen molar-refractivity contribution in [1.29, 1.82) is 0 Å². The molecule has 2 heterocycles. The second-order valence-corrected chi connectivity index (χ2v) is 3.08. The summed E-state index contributed by atoms with van der Waals surface area (Å²) in [6, 6.07) is 3.56. The molecule has 0 aliphatic heterocycles. The lowest BCUT2D eigenvalue weighted by molar-refractivity contribution is 0.0947. The number of hydrogen-bond acceptors (Lipinski definition) is 4. The zero-order valence-corrected chi connectivity index (χ0v) is 8.19. The predicted molar refractivity (Wildman–Crippen MR) is 51.1 cm³/mol. The van der Waals surface area contributed by atoms with Crippen molar-refractivity contribution in [3.05, 3.63) is 41.7 Å². The lowest BCUT2D eigenvalue weighted by Gasteiger charge is -2.00. The van der Waals surface area contributed by atoms with Crippen molar-refractivity contribution in [2.45, 2.75) is 13.5 Å². The van der Waals surface area contributed by atoms with Crippen LogP contribution in [0.5, 0.6) is 0 Å². The van der Waals surface area contributed by atoms with Crippen LogP contribution in [0, 0.1) is 6.92 Å². The standard InChI is InChI=1S/C10H10N2O3/c1-7-9(6-15-12-7)10(13)11-5-8-3-2-4-14-8/h2-4,6H,5H2,1H3,(H,11,13). The van der Waals surface area contributed by atoms with Gasteiger partial charge in [-0.2, -0.15) is 0 Å². The van der Waals surface area contributed by atoms with E-state index in [1.807, 2.05) is 0 Å². The van der Waals surface area contributed by atoms with Gasteiger partial charge in [0.05, 0.1) is 18.5 Å². The first kappa shape index (κ1) is 9.51. The molecule has 0 saturated carbocycles. The molecule has 2 aromatic rings. The topological polar surface area (TPSA) is 68.3 Å². The van der Waals surface area contributed by atoms with Gasteiger partial charge in [0, 0.05) is 0 Å². The lowest BCUT2D eigenvalue weighted by atomic mass is 10.2. The lowest BCUT2D eigenvalue weighted by Crippen LogP contribution is -2.22. The van der Waals surface area contributed by atoms with Crippen LogP contribution in [-0.2, 0) is 6.54 Å². The minimum Gasteiger partial charge on any atom is -0.467 e. The Hall–Kier alpha value is -2.04. The molecular formula is C10H10N2O3. The van der Waals surface area contributed by atoms with E-state index in [-0.39, 0.29) is 5.91 Å². The highest BCUT2D eigenvalue weighted by molar-refractivity contribution is 5.94. The summed E-state index contributed by atoms with van der Waals surface area (Å²) in [5.74, 6) is 0.489. The van der Waals surface area contributed by atoms with E-state index in [0.29, 0.717) is 23.6 Å². The fourth-order valence-corrected chi connectivity index (χ4v) is 1.19. The predicted octanol–water partition coefficient (Wildman–Crippen LogP) is 1.51. The van der Waals surface area contributed by atoms with Crippen LogP contribution < -0.4 is 5.32 Å². The van der Waals surface area contributed by atoms with Crippen LogP contribution in [-0.4, -0.2) is 11.1 Å².